The fraction of sp³-hybridized carbons (Fsp3) is 0.727. The van der Waals surface area contributed by atoms with Crippen LogP contribution in [0.1, 0.15) is 30.7 Å². The van der Waals surface area contributed by atoms with Crippen molar-refractivity contribution >= 4 is 11.3 Å². The molecule has 0 amide bonds. The summed E-state index contributed by atoms with van der Waals surface area (Å²) in [5, 5.41) is 6.95. The zero-order chi connectivity index (χ0) is 9.38. The number of fused-ring (bicyclic) bond motifs is 1. The van der Waals surface area contributed by atoms with E-state index >= 15 is 0 Å². The summed E-state index contributed by atoms with van der Waals surface area (Å²) in [6.45, 7) is 0.978. The van der Waals surface area contributed by atoms with Gasteiger partial charge in [-0.1, -0.05) is 12.8 Å². The molecule has 0 radical (unpaired) electrons. The number of nitrogens with one attached hydrogen (secondary N) is 1. The fourth-order valence-electron chi connectivity index (χ4n) is 2.72. The second kappa shape index (κ2) is 3.63. The van der Waals surface area contributed by atoms with Crippen LogP contribution in [0.5, 0.6) is 0 Å². The largest absolute Gasteiger partial charge is 0.307 e. The molecule has 2 saturated carbocycles. The molecule has 0 spiro atoms. The van der Waals surface area contributed by atoms with E-state index in [9.17, 15) is 0 Å². The molecule has 1 aromatic heterocycles. The van der Waals surface area contributed by atoms with E-state index in [2.05, 4.69) is 15.7 Å². The van der Waals surface area contributed by atoms with Gasteiger partial charge in [-0.15, -0.1) is 11.3 Å². The summed E-state index contributed by atoms with van der Waals surface area (Å²) in [6, 6.07) is 0.789. The summed E-state index contributed by atoms with van der Waals surface area (Å²) in [7, 11) is 0. The fourth-order valence-corrected chi connectivity index (χ4v) is 3.29. The average molecular weight is 208 g/mol. The quantitative estimate of drug-likeness (QED) is 0.825. The van der Waals surface area contributed by atoms with Crippen LogP contribution < -0.4 is 5.32 Å². The average Bonchev–Trinajstić information content (AvgIpc) is 2.83. The van der Waals surface area contributed by atoms with Gasteiger partial charge in [-0.3, -0.25) is 0 Å². The molecule has 2 nitrogen and oxygen atoms in total. The minimum atomic E-state index is 0.789. The predicted octanol–water partition coefficient (Wildman–Crippen LogP) is 2.42. The maximum Gasteiger partial charge on any atom is 0.106 e. The van der Waals surface area contributed by atoms with E-state index < -0.39 is 0 Å². The van der Waals surface area contributed by atoms with Crippen LogP contribution in [0.25, 0.3) is 0 Å². The highest BCUT2D eigenvalue weighted by molar-refractivity contribution is 7.09. The van der Waals surface area contributed by atoms with Crippen LogP contribution in [0.15, 0.2) is 11.6 Å². The summed E-state index contributed by atoms with van der Waals surface area (Å²) in [6.07, 6.45) is 7.67. The first-order valence-electron chi connectivity index (χ1n) is 5.55. The van der Waals surface area contributed by atoms with Crippen molar-refractivity contribution in [3.05, 3.63) is 16.6 Å². The first-order chi connectivity index (χ1) is 6.93. The molecule has 3 atom stereocenters. The van der Waals surface area contributed by atoms with Crippen molar-refractivity contribution < 1.29 is 0 Å². The van der Waals surface area contributed by atoms with Crippen molar-refractivity contribution in [1.82, 2.24) is 10.3 Å². The summed E-state index contributed by atoms with van der Waals surface area (Å²) >= 11 is 1.75. The number of rotatable bonds is 3. The second-order valence-corrected chi connectivity index (χ2v) is 5.48. The lowest BCUT2D eigenvalue weighted by molar-refractivity contribution is 0.352. The summed E-state index contributed by atoms with van der Waals surface area (Å²) in [4.78, 5) is 4.30. The van der Waals surface area contributed by atoms with Gasteiger partial charge in [-0.25, -0.2) is 4.98 Å². The van der Waals surface area contributed by atoms with Gasteiger partial charge in [-0.05, 0) is 24.7 Å². The Morgan fingerprint density at radius 1 is 1.50 bits per heavy atom. The monoisotopic (exact) mass is 208 g/mol. The van der Waals surface area contributed by atoms with Gasteiger partial charge in [0.05, 0.1) is 0 Å². The molecule has 1 heterocycles. The molecule has 2 aliphatic carbocycles. The molecule has 1 aromatic rings. The highest BCUT2D eigenvalue weighted by Gasteiger charge is 2.44. The molecule has 0 aromatic carbocycles. The molecule has 76 valence electrons. The molecule has 2 aliphatic rings. The zero-order valence-corrected chi connectivity index (χ0v) is 9.09. The number of hydrogen-bond donors (Lipinski definition) is 1. The van der Waals surface area contributed by atoms with Gasteiger partial charge in [0.2, 0.25) is 0 Å². The van der Waals surface area contributed by atoms with Crippen molar-refractivity contribution in [2.75, 3.05) is 0 Å². The van der Waals surface area contributed by atoms with Crippen LogP contribution in [0.2, 0.25) is 0 Å². The molecular formula is C11H16N2S. The molecule has 0 aliphatic heterocycles. The predicted molar refractivity (Wildman–Crippen MR) is 58.2 cm³/mol. The van der Waals surface area contributed by atoms with E-state index in [0.717, 1.165) is 24.4 Å². The molecule has 3 heteroatoms. The number of nitrogens with zero attached hydrogens (tertiary/aromatic N) is 1. The summed E-state index contributed by atoms with van der Waals surface area (Å²) in [5.41, 5.74) is 0. The topological polar surface area (TPSA) is 24.9 Å². The van der Waals surface area contributed by atoms with Gasteiger partial charge in [0.25, 0.3) is 0 Å². The SMILES string of the molecule is c1csc(CNC2CCC[C@H]3C[C@@H]23)n1. The summed E-state index contributed by atoms with van der Waals surface area (Å²) < 4.78 is 0. The second-order valence-electron chi connectivity index (χ2n) is 4.50. The Kier molecular flexibility index (Phi) is 2.30. The zero-order valence-electron chi connectivity index (χ0n) is 8.28. The van der Waals surface area contributed by atoms with Crippen molar-refractivity contribution in [2.24, 2.45) is 11.8 Å². The normalized spacial score (nSPS) is 35.3. The highest BCUT2D eigenvalue weighted by atomic mass is 32.1. The van der Waals surface area contributed by atoms with Crippen molar-refractivity contribution in [3.63, 3.8) is 0 Å². The third kappa shape index (κ3) is 1.71. The van der Waals surface area contributed by atoms with Gasteiger partial charge >= 0.3 is 0 Å². The van der Waals surface area contributed by atoms with E-state index in [1.807, 2.05) is 6.20 Å². The van der Waals surface area contributed by atoms with Crippen LogP contribution in [-0.4, -0.2) is 11.0 Å². The smallest absolute Gasteiger partial charge is 0.106 e. The standard InChI is InChI=1S/C11H16N2S/c1-2-8-6-9(8)10(3-1)13-7-11-12-4-5-14-11/h4-5,8-10,13H,1-3,6-7H2/t8-,9+,10?/m0/s1. The van der Waals surface area contributed by atoms with E-state index in [-0.39, 0.29) is 0 Å². The number of aromatic nitrogens is 1. The van der Waals surface area contributed by atoms with Gasteiger partial charge in [0, 0.05) is 24.2 Å². The van der Waals surface area contributed by atoms with Crippen LogP contribution in [0.3, 0.4) is 0 Å². The van der Waals surface area contributed by atoms with Crippen molar-refractivity contribution in [2.45, 2.75) is 38.3 Å². The summed E-state index contributed by atoms with van der Waals surface area (Å²) in [5.74, 6) is 2.07. The highest BCUT2D eigenvalue weighted by Crippen LogP contribution is 2.49. The van der Waals surface area contributed by atoms with Gasteiger partial charge in [0.1, 0.15) is 5.01 Å². The molecule has 14 heavy (non-hydrogen) atoms. The maximum absolute atomic E-state index is 4.30. The third-order valence-electron chi connectivity index (χ3n) is 3.58. The lowest BCUT2D eigenvalue weighted by atomic mass is 9.95. The van der Waals surface area contributed by atoms with E-state index in [4.69, 9.17) is 0 Å². The maximum atomic E-state index is 4.30. The van der Waals surface area contributed by atoms with Crippen molar-refractivity contribution in [1.29, 1.82) is 0 Å². The van der Waals surface area contributed by atoms with Crippen LogP contribution in [-0.2, 0) is 6.54 Å². The third-order valence-corrected chi connectivity index (χ3v) is 4.36. The number of thiazole rings is 1. The van der Waals surface area contributed by atoms with Crippen molar-refractivity contribution in [3.8, 4) is 0 Å². The van der Waals surface area contributed by atoms with Crippen LogP contribution >= 0.6 is 11.3 Å². The Labute approximate surface area is 88.7 Å². The van der Waals surface area contributed by atoms with Crippen LogP contribution in [0.4, 0.5) is 0 Å². The Morgan fingerprint density at radius 2 is 2.50 bits per heavy atom. The Bertz CT molecular complexity index is 296. The Hall–Kier alpha value is -0.410. The molecule has 1 unspecified atom stereocenters. The first-order valence-corrected chi connectivity index (χ1v) is 6.43. The first kappa shape index (κ1) is 8.86. The molecular weight excluding hydrogens is 192 g/mol. The molecule has 3 rings (SSSR count). The minimum absolute atomic E-state index is 0.789. The van der Waals surface area contributed by atoms with E-state index in [1.54, 1.807) is 11.3 Å². The molecule has 0 saturated heterocycles. The van der Waals surface area contributed by atoms with Gasteiger partial charge in [-0.2, -0.15) is 0 Å². The lowest BCUT2D eigenvalue weighted by Gasteiger charge is -2.22. The number of hydrogen-bond acceptors (Lipinski definition) is 3. The Morgan fingerprint density at radius 3 is 3.36 bits per heavy atom. The van der Waals surface area contributed by atoms with E-state index in [1.165, 1.54) is 30.7 Å². The van der Waals surface area contributed by atoms with E-state index in [0.29, 0.717) is 0 Å². The molecule has 1 N–H and O–H groups in total. The Balaban J connectivity index is 1.52. The molecule has 0 bridgehead atoms. The lowest BCUT2D eigenvalue weighted by Crippen LogP contribution is -2.33. The van der Waals surface area contributed by atoms with Gasteiger partial charge < -0.3 is 5.32 Å². The van der Waals surface area contributed by atoms with Gasteiger partial charge in [0.15, 0.2) is 0 Å². The minimum Gasteiger partial charge on any atom is -0.307 e. The van der Waals surface area contributed by atoms with Crippen LogP contribution in [0, 0.1) is 11.8 Å². The molecule has 2 fully saturated rings.